The molecular formula is C23H22BrN3O3S. The number of carbonyl (C=O) groups excluding carboxylic acids is 1. The predicted molar refractivity (Wildman–Crippen MR) is 125 cm³/mol. The number of benzene rings is 3. The number of rotatable bonds is 8. The van der Waals surface area contributed by atoms with E-state index >= 15 is 0 Å². The molecule has 0 aliphatic carbocycles. The fourth-order valence-electron chi connectivity index (χ4n) is 2.83. The van der Waals surface area contributed by atoms with E-state index in [4.69, 9.17) is 0 Å². The second kappa shape index (κ2) is 10.5. The van der Waals surface area contributed by atoms with Gasteiger partial charge < -0.3 is 0 Å². The van der Waals surface area contributed by atoms with Crippen molar-refractivity contribution in [1.82, 2.24) is 9.73 Å². The molecule has 0 atom stereocenters. The van der Waals surface area contributed by atoms with Gasteiger partial charge in [0.05, 0.1) is 17.7 Å². The highest BCUT2D eigenvalue weighted by atomic mass is 79.9. The first-order valence-electron chi connectivity index (χ1n) is 9.53. The first-order valence-corrected chi connectivity index (χ1v) is 11.8. The Morgan fingerprint density at radius 1 is 1.03 bits per heavy atom. The quantitative estimate of drug-likeness (QED) is 0.374. The van der Waals surface area contributed by atoms with Gasteiger partial charge in [0.2, 0.25) is 10.0 Å². The maximum atomic E-state index is 13.2. The summed E-state index contributed by atoms with van der Waals surface area (Å²) in [6.07, 6.45) is 1.50. The van der Waals surface area contributed by atoms with E-state index < -0.39 is 15.9 Å². The maximum Gasteiger partial charge on any atom is 0.255 e. The van der Waals surface area contributed by atoms with Crippen LogP contribution in [0.5, 0.6) is 0 Å². The molecule has 6 nitrogen and oxygen atoms in total. The zero-order valence-corrected chi connectivity index (χ0v) is 19.3. The van der Waals surface area contributed by atoms with Crippen molar-refractivity contribution in [1.29, 1.82) is 0 Å². The number of carbonyl (C=O) groups is 1. The van der Waals surface area contributed by atoms with E-state index in [1.807, 2.05) is 61.5 Å². The number of amides is 1. The average molecular weight is 500 g/mol. The van der Waals surface area contributed by atoms with Gasteiger partial charge in [0.1, 0.15) is 0 Å². The Balaban J connectivity index is 1.77. The van der Waals surface area contributed by atoms with Gasteiger partial charge in [-0.1, -0.05) is 76.1 Å². The lowest BCUT2D eigenvalue weighted by Gasteiger charge is -2.21. The number of hydrogen-bond donors (Lipinski definition) is 1. The van der Waals surface area contributed by atoms with Crippen molar-refractivity contribution in [2.45, 2.75) is 18.4 Å². The smallest absolute Gasteiger partial charge is 0.255 e. The summed E-state index contributed by atoms with van der Waals surface area (Å²) in [5.41, 5.74) is 4.94. The highest BCUT2D eigenvalue weighted by Gasteiger charge is 2.26. The molecule has 0 heterocycles. The topological polar surface area (TPSA) is 78.8 Å². The third-order valence-corrected chi connectivity index (χ3v) is 6.73. The van der Waals surface area contributed by atoms with Gasteiger partial charge in [0.15, 0.2) is 0 Å². The van der Waals surface area contributed by atoms with Crippen LogP contribution in [0.25, 0.3) is 0 Å². The van der Waals surface area contributed by atoms with Crippen LogP contribution < -0.4 is 5.43 Å². The monoisotopic (exact) mass is 499 g/mol. The summed E-state index contributed by atoms with van der Waals surface area (Å²) in [5, 5.41) is 3.94. The number of sulfonamides is 1. The molecule has 1 amide bonds. The van der Waals surface area contributed by atoms with Gasteiger partial charge in [-0.15, -0.1) is 0 Å². The van der Waals surface area contributed by atoms with E-state index in [9.17, 15) is 13.2 Å². The molecule has 8 heteroatoms. The molecule has 0 saturated heterocycles. The van der Waals surface area contributed by atoms with E-state index in [-0.39, 0.29) is 18.0 Å². The summed E-state index contributed by atoms with van der Waals surface area (Å²) < 4.78 is 28.5. The van der Waals surface area contributed by atoms with Gasteiger partial charge in [-0.3, -0.25) is 4.79 Å². The van der Waals surface area contributed by atoms with E-state index in [0.717, 1.165) is 25.5 Å². The Bertz CT molecular complexity index is 1160. The number of hydrazone groups is 1. The molecule has 3 aromatic rings. The summed E-state index contributed by atoms with van der Waals surface area (Å²) in [6, 6.07) is 23.1. The first kappa shape index (κ1) is 22.9. The van der Waals surface area contributed by atoms with E-state index in [1.165, 1.54) is 6.21 Å². The van der Waals surface area contributed by atoms with Crippen molar-refractivity contribution in [3.8, 4) is 0 Å². The molecule has 0 aliphatic heterocycles. The zero-order chi connectivity index (χ0) is 22.3. The van der Waals surface area contributed by atoms with Gasteiger partial charge in [0, 0.05) is 11.0 Å². The van der Waals surface area contributed by atoms with Crippen molar-refractivity contribution in [2.24, 2.45) is 5.10 Å². The third kappa shape index (κ3) is 6.58. The zero-order valence-electron chi connectivity index (χ0n) is 16.9. The van der Waals surface area contributed by atoms with Gasteiger partial charge in [-0.05, 0) is 42.3 Å². The Labute approximate surface area is 190 Å². The first-order chi connectivity index (χ1) is 14.8. The minimum atomic E-state index is -3.88. The normalized spacial score (nSPS) is 11.7. The maximum absolute atomic E-state index is 13.2. The second-order valence-corrected chi connectivity index (χ2v) is 9.77. The fourth-order valence-corrected chi connectivity index (χ4v) is 4.63. The third-order valence-electron chi connectivity index (χ3n) is 4.43. The van der Waals surface area contributed by atoms with Crippen LogP contribution in [0.1, 0.15) is 16.7 Å². The molecular weight excluding hydrogens is 478 g/mol. The molecule has 1 N–H and O–H groups in total. The van der Waals surface area contributed by atoms with Crippen molar-refractivity contribution < 1.29 is 13.2 Å². The summed E-state index contributed by atoms with van der Waals surface area (Å²) in [4.78, 5) is 12.6. The Morgan fingerprint density at radius 3 is 2.42 bits per heavy atom. The standard InChI is InChI=1S/C23H22BrN3O3S/c1-18-10-12-22(13-11-18)31(29,30)27(16-19-6-3-2-4-7-19)17-23(28)26-25-15-20-8-5-9-21(24)14-20/h2-15H,16-17H2,1H3,(H,26,28)/b25-15+. The van der Waals surface area contributed by atoms with Crippen LogP contribution in [0.15, 0.2) is 93.3 Å². The summed E-state index contributed by atoms with van der Waals surface area (Å²) >= 11 is 3.37. The molecule has 0 spiro atoms. The van der Waals surface area contributed by atoms with Gasteiger partial charge in [0.25, 0.3) is 5.91 Å². The van der Waals surface area contributed by atoms with Gasteiger partial charge >= 0.3 is 0 Å². The summed E-state index contributed by atoms with van der Waals surface area (Å²) in [7, 11) is -3.88. The van der Waals surface area contributed by atoms with Crippen LogP contribution in [0.4, 0.5) is 0 Å². The lowest BCUT2D eigenvalue weighted by Crippen LogP contribution is -2.39. The van der Waals surface area contributed by atoms with Crippen LogP contribution in [-0.2, 0) is 21.4 Å². The average Bonchev–Trinajstić information content (AvgIpc) is 2.74. The van der Waals surface area contributed by atoms with Crippen molar-refractivity contribution in [3.05, 3.63) is 100 Å². The van der Waals surface area contributed by atoms with Crippen LogP contribution in [0, 0.1) is 6.92 Å². The molecule has 160 valence electrons. The molecule has 0 bridgehead atoms. The van der Waals surface area contributed by atoms with Crippen molar-refractivity contribution >= 4 is 38.1 Å². The number of aryl methyl sites for hydroxylation is 1. The van der Waals surface area contributed by atoms with Gasteiger partial charge in [-0.25, -0.2) is 13.8 Å². The molecule has 0 saturated carbocycles. The van der Waals surface area contributed by atoms with Crippen LogP contribution in [-0.4, -0.2) is 31.4 Å². The fraction of sp³-hybridized carbons (Fsp3) is 0.130. The number of nitrogens with zero attached hydrogens (tertiary/aromatic N) is 2. The van der Waals surface area contributed by atoms with E-state index in [0.29, 0.717) is 0 Å². The van der Waals surface area contributed by atoms with E-state index in [2.05, 4.69) is 26.5 Å². The van der Waals surface area contributed by atoms with Crippen molar-refractivity contribution in [2.75, 3.05) is 6.54 Å². The lowest BCUT2D eigenvalue weighted by atomic mass is 10.2. The van der Waals surface area contributed by atoms with Crippen LogP contribution in [0.3, 0.4) is 0 Å². The van der Waals surface area contributed by atoms with E-state index in [1.54, 1.807) is 24.3 Å². The predicted octanol–water partition coefficient (Wildman–Crippen LogP) is 4.10. The Hall–Kier alpha value is -2.81. The lowest BCUT2D eigenvalue weighted by molar-refractivity contribution is -0.121. The summed E-state index contributed by atoms with van der Waals surface area (Å²) in [6.45, 7) is 1.59. The highest BCUT2D eigenvalue weighted by Crippen LogP contribution is 2.19. The SMILES string of the molecule is Cc1ccc(S(=O)(=O)N(CC(=O)N/N=C/c2cccc(Br)c2)Cc2ccccc2)cc1. The molecule has 0 unspecified atom stereocenters. The van der Waals surface area contributed by atoms with Gasteiger partial charge in [-0.2, -0.15) is 9.41 Å². The second-order valence-electron chi connectivity index (χ2n) is 6.92. The van der Waals surface area contributed by atoms with Crippen LogP contribution >= 0.6 is 15.9 Å². The van der Waals surface area contributed by atoms with Crippen molar-refractivity contribution in [3.63, 3.8) is 0 Å². The molecule has 0 fully saturated rings. The number of halogens is 1. The molecule has 3 rings (SSSR count). The molecule has 0 radical (unpaired) electrons. The largest absolute Gasteiger partial charge is 0.272 e. The molecule has 3 aromatic carbocycles. The molecule has 0 aliphatic rings. The minimum Gasteiger partial charge on any atom is -0.272 e. The number of nitrogens with one attached hydrogen (secondary N) is 1. The highest BCUT2D eigenvalue weighted by molar-refractivity contribution is 9.10. The molecule has 31 heavy (non-hydrogen) atoms. The number of hydrogen-bond acceptors (Lipinski definition) is 4. The Kier molecular flexibility index (Phi) is 7.73. The molecule has 0 aromatic heterocycles. The summed E-state index contributed by atoms with van der Waals surface area (Å²) in [5.74, 6) is -0.530. The van der Waals surface area contributed by atoms with Crippen LogP contribution in [0.2, 0.25) is 0 Å². The minimum absolute atomic E-state index is 0.0693. The Morgan fingerprint density at radius 2 is 1.74 bits per heavy atom.